The fourth-order valence-corrected chi connectivity index (χ4v) is 5.22. The maximum atomic E-state index is 12.2. The van der Waals surface area contributed by atoms with Crippen molar-refractivity contribution in [2.45, 2.75) is 85.2 Å². The summed E-state index contributed by atoms with van der Waals surface area (Å²) in [6.07, 6.45) is -2.93. The molecule has 0 spiro atoms. The molecule has 0 aliphatic carbocycles. The molecule has 53 heavy (non-hydrogen) atoms. The highest BCUT2D eigenvalue weighted by Gasteiger charge is 2.26. The van der Waals surface area contributed by atoms with Crippen LogP contribution in [0.3, 0.4) is 0 Å². The quantitative estimate of drug-likeness (QED) is 0.0252. The van der Waals surface area contributed by atoms with Crippen molar-refractivity contribution in [1.82, 2.24) is 10.6 Å². The molecule has 2 unspecified atom stereocenters. The van der Waals surface area contributed by atoms with Gasteiger partial charge in [-0.3, -0.25) is 46.9 Å². The molecule has 4 N–H and O–H groups in total. The number of phosphoric ester groups is 2. The van der Waals surface area contributed by atoms with E-state index in [0.717, 1.165) is 13.8 Å². The Balaban J connectivity index is 4.37. The van der Waals surface area contributed by atoms with Crippen molar-refractivity contribution in [3.05, 3.63) is 0 Å². The van der Waals surface area contributed by atoms with Gasteiger partial charge < -0.3 is 48.8 Å². The molecule has 0 aromatic carbocycles. The summed E-state index contributed by atoms with van der Waals surface area (Å²) in [7, 11) is -9.31. The molecule has 0 bridgehead atoms. The zero-order chi connectivity index (χ0) is 40.5. The van der Waals surface area contributed by atoms with Gasteiger partial charge in [-0.05, 0) is 13.8 Å². The zero-order valence-electron chi connectivity index (χ0n) is 30.6. The van der Waals surface area contributed by atoms with E-state index in [4.69, 9.17) is 46.5 Å². The van der Waals surface area contributed by atoms with Crippen molar-refractivity contribution < 1.29 is 94.2 Å². The van der Waals surface area contributed by atoms with Crippen molar-refractivity contribution in [3.63, 3.8) is 0 Å². The second-order valence-corrected chi connectivity index (χ2v) is 14.0. The van der Waals surface area contributed by atoms with E-state index in [9.17, 15) is 47.7 Å². The monoisotopic (exact) mass is 810 g/mol. The maximum Gasteiger partial charge on any atom is 0.472 e. The van der Waals surface area contributed by atoms with E-state index in [-0.39, 0.29) is 39.5 Å². The Morgan fingerprint density at radius 1 is 0.528 bits per heavy atom. The van der Waals surface area contributed by atoms with E-state index in [1.165, 1.54) is 13.8 Å². The molecule has 0 saturated carbocycles. The van der Waals surface area contributed by atoms with E-state index in [1.807, 2.05) is 0 Å². The summed E-state index contributed by atoms with van der Waals surface area (Å²) in [6, 6.07) is 0. The van der Waals surface area contributed by atoms with Crippen molar-refractivity contribution in [2.24, 2.45) is 0 Å². The molecular formula is C29H52N2O20P2. The number of rotatable bonds is 30. The van der Waals surface area contributed by atoms with Crippen LogP contribution < -0.4 is 10.6 Å². The van der Waals surface area contributed by atoms with Crippen LogP contribution >= 0.6 is 15.6 Å². The molecule has 0 aromatic heterocycles. The summed E-state index contributed by atoms with van der Waals surface area (Å²) in [5.41, 5.74) is 0. The Morgan fingerprint density at radius 3 is 1.19 bits per heavy atom. The van der Waals surface area contributed by atoms with Gasteiger partial charge in [0.2, 0.25) is 11.8 Å². The van der Waals surface area contributed by atoms with Gasteiger partial charge in [-0.1, -0.05) is 0 Å². The molecule has 0 saturated heterocycles. The topological polar surface area (TPSA) is 293 Å². The minimum Gasteiger partial charge on any atom is -0.463 e. The number of ether oxygens (including phenoxy) is 6. The Bertz CT molecular complexity index is 1160. The van der Waals surface area contributed by atoms with Gasteiger partial charge in [0.05, 0.1) is 52.9 Å². The third-order valence-electron chi connectivity index (χ3n) is 5.87. The van der Waals surface area contributed by atoms with Crippen LogP contribution in [0.4, 0.5) is 0 Å². The number of hydrogen-bond acceptors (Lipinski definition) is 18. The van der Waals surface area contributed by atoms with Gasteiger partial charge in [0.25, 0.3) is 0 Å². The van der Waals surface area contributed by atoms with Crippen LogP contribution in [0, 0.1) is 0 Å². The number of esters is 4. The molecule has 0 aliphatic rings. The molecule has 0 fully saturated rings. The first-order valence-corrected chi connectivity index (χ1v) is 19.3. The number of nitrogens with one attached hydrogen (secondary N) is 2. The smallest absolute Gasteiger partial charge is 0.463 e. The van der Waals surface area contributed by atoms with Crippen LogP contribution in [-0.4, -0.2) is 136 Å². The number of amides is 2. The minimum absolute atomic E-state index is 0.131. The standard InChI is InChI=1S/C29H52N2O20P2/c1-20(48-22(3)32)7-11-42-16-26(50-24(5)34)18-46-52(38,39)44-13-9-30-28(36)15-29(37)31-10-14-45-53(40,41)47-19-27(51-25(6)35)17-43-12-8-21(2)49-23(4)33/h20-21,26-27H,7-19H2,1-6H3,(H,30,36)(H,31,37)(H,38,39)(H,40,41)/t20-,21-,26-,27+/m1/s1. The Morgan fingerprint density at radius 2 is 0.868 bits per heavy atom. The first-order chi connectivity index (χ1) is 24.7. The average Bonchev–Trinajstić information content (AvgIpc) is 3.02. The van der Waals surface area contributed by atoms with E-state index in [2.05, 4.69) is 10.6 Å². The van der Waals surface area contributed by atoms with E-state index < -0.39 is 109 Å². The zero-order valence-corrected chi connectivity index (χ0v) is 32.4. The highest BCUT2D eigenvalue weighted by molar-refractivity contribution is 7.47. The largest absolute Gasteiger partial charge is 0.472 e. The van der Waals surface area contributed by atoms with E-state index in [0.29, 0.717) is 12.8 Å². The van der Waals surface area contributed by atoms with Crippen molar-refractivity contribution in [1.29, 1.82) is 0 Å². The van der Waals surface area contributed by atoms with Gasteiger partial charge in [-0.25, -0.2) is 9.13 Å². The first kappa shape index (κ1) is 50.0. The van der Waals surface area contributed by atoms with E-state index >= 15 is 0 Å². The third-order valence-corrected chi connectivity index (χ3v) is 7.84. The maximum absolute atomic E-state index is 12.2. The molecular weight excluding hydrogens is 758 g/mol. The predicted molar refractivity (Wildman–Crippen MR) is 179 cm³/mol. The summed E-state index contributed by atoms with van der Waals surface area (Å²) in [5, 5.41) is 4.57. The summed E-state index contributed by atoms with van der Waals surface area (Å²) in [6.45, 7) is 5.26. The van der Waals surface area contributed by atoms with E-state index in [1.54, 1.807) is 13.8 Å². The van der Waals surface area contributed by atoms with Gasteiger partial charge in [-0.2, -0.15) is 0 Å². The number of phosphoric acid groups is 2. The van der Waals surface area contributed by atoms with Crippen LogP contribution in [0.1, 0.15) is 60.8 Å². The molecule has 24 heteroatoms. The minimum atomic E-state index is -4.66. The van der Waals surface area contributed by atoms with Crippen LogP contribution in [0.25, 0.3) is 0 Å². The highest BCUT2D eigenvalue weighted by atomic mass is 31.2. The summed E-state index contributed by atoms with van der Waals surface area (Å²) in [5.74, 6) is -3.87. The summed E-state index contributed by atoms with van der Waals surface area (Å²) >= 11 is 0. The lowest BCUT2D eigenvalue weighted by atomic mass is 10.3. The van der Waals surface area contributed by atoms with Gasteiger partial charge in [0, 0.05) is 53.6 Å². The van der Waals surface area contributed by atoms with Gasteiger partial charge in [0.15, 0.2) is 0 Å². The molecule has 0 heterocycles. The van der Waals surface area contributed by atoms with Crippen LogP contribution in [-0.2, 0) is 84.4 Å². The van der Waals surface area contributed by atoms with Gasteiger partial charge in [-0.15, -0.1) is 0 Å². The second-order valence-electron chi connectivity index (χ2n) is 11.1. The molecule has 0 aromatic rings. The molecule has 0 radical (unpaired) electrons. The van der Waals surface area contributed by atoms with Gasteiger partial charge in [0.1, 0.15) is 30.8 Å². The fourth-order valence-electron chi connectivity index (χ4n) is 3.72. The van der Waals surface area contributed by atoms with Crippen molar-refractivity contribution in [2.75, 3.05) is 65.9 Å². The number of carbonyl (C=O) groups excluding carboxylic acids is 6. The van der Waals surface area contributed by atoms with Crippen LogP contribution in [0.2, 0.25) is 0 Å². The molecule has 0 rings (SSSR count). The Hall–Kier alpha value is -3.04. The normalized spacial score (nSPS) is 15.7. The molecule has 308 valence electrons. The Kier molecular flexibility index (Phi) is 25.9. The molecule has 0 aliphatic heterocycles. The third kappa shape index (κ3) is 31.1. The lowest BCUT2D eigenvalue weighted by molar-refractivity contribution is -0.153. The fraction of sp³-hybridized carbons (Fsp3) is 0.793. The molecule has 22 nitrogen and oxygen atoms in total. The lowest BCUT2D eigenvalue weighted by Crippen LogP contribution is -2.34. The average molecular weight is 811 g/mol. The number of hydrogen-bond donors (Lipinski definition) is 4. The lowest BCUT2D eigenvalue weighted by Gasteiger charge is -2.20. The van der Waals surface area contributed by atoms with Gasteiger partial charge >= 0.3 is 39.5 Å². The van der Waals surface area contributed by atoms with Crippen molar-refractivity contribution >= 4 is 51.3 Å². The first-order valence-electron chi connectivity index (χ1n) is 16.3. The van der Waals surface area contributed by atoms with Crippen molar-refractivity contribution in [3.8, 4) is 0 Å². The summed E-state index contributed by atoms with van der Waals surface area (Å²) < 4.78 is 74.2. The SMILES string of the molecule is CC(=O)O[C@H](COCC[C@@H](C)OC(C)=O)COP(=O)(O)OCCNC(=O)CC(=O)NCCOP(=O)(O)OC[C@H](COCC[C@@H](C)OC(C)=O)OC(C)=O. The highest BCUT2D eigenvalue weighted by Crippen LogP contribution is 2.43. The predicted octanol–water partition coefficient (Wildman–Crippen LogP) is 0.456. The van der Waals surface area contributed by atoms with Crippen LogP contribution in [0.5, 0.6) is 0 Å². The number of carbonyl (C=O) groups is 6. The Labute approximate surface area is 307 Å². The summed E-state index contributed by atoms with van der Waals surface area (Å²) in [4.78, 5) is 88.5. The van der Waals surface area contributed by atoms with Crippen LogP contribution in [0.15, 0.2) is 0 Å². The molecule has 2 amide bonds. The molecule has 6 atom stereocenters. The second kappa shape index (κ2) is 27.5.